The summed E-state index contributed by atoms with van der Waals surface area (Å²) >= 11 is 0. The summed E-state index contributed by atoms with van der Waals surface area (Å²) in [6, 6.07) is 9.70. The van der Waals surface area contributed by atoms with Gasteiger partial charge in [-0.15, -0.1) is 0 Å². The summed E-state index contributed by atoms with van der Waals surface area (Å²) in [6.07, 6.45) is 1.22. The van der Waals surface area contributed by atoms with E-state index in [2.05, 4.69) is 5.32 Å². The van der Waals surface area contributed by atoms with E-state index in [1.165, 1.54) is 53.7 Å². The lowest BCUT2D eigenvalue weighted by atomic mass is 10.1. The Morgan fingerprint density at radius 1 is 1.21 bits per heavy atom. The van der Waals surface area contributed by atoms with E-state index < -0.39 is 32.9 Å². The van der Waals surface area contributed by atoms with Crippen molar-refractivity contribution in [1.82, 2.24) is 4.31 Å². The van der Waals surface area contributed by atoms with Crippen LogP contribution in [0, 0.1) is 17.0 Å². The summed E-state index contributed by atoms with van der Waals surface area (Å²) < 4.78 is 33.0. The zero-order valence-electron chi connectivity index (χ0n) is 19.2. The maximum Gasteiger partial charge on any atom is 0.339 e. The predicted octanol–water partition coefficient (Wildman–Crippen LogP) is 3.65. The molecule has 1 aliphatic heterocycles. The third-order valence-corrected chi connectivity index (χ3v) is 7.80. The van der Waals surface area contributed by atoms with Gasteiger partial charge in [0.05, 0.1) is 15.4 Å². The number of nitro groups is 1. The van der Waals surface area contributed by atoms with E-state index in [4.69, 9.17) is 4.74 Å². The highest BCUT2D eigenvalue weighted by molar-refractivity contribution is 7.89. The molecule has 1 fully saturated rings. The number of esters is 1. The first-order chi connectivity index (χ1) is 16.0. The van der Waals surface area contributed by atoms with Crippen LogP contribution in [-0.2, 0) is 19.6 Å². The van der Waals surface area contributed by atoms with E-state index in [1.54, 1.807) is 6.92 Å². The van der Waals surface area contributed by atoms with E-state index in [9.17, 15) is 28.1 Å². The van der Waals surface area contributed by atoms with Crippen LogP contribution in [-0.4, -0.2) is 48.2 Å². The Balaban J connectivity index is 1.77. The number of nitrogens with one attached hydrogen (secondary N) is 1. The van der Waals surface area contributed by atoms with Crippen LogP contribution in [0.3, 0.4) is 0 Å². The molecule has 0 spiro atoms. The molecule has 10 nitrogen and oxygen atoms in total. The number of hydrogen-bond acceptors (Lipinski definition) is 7. The van der Waals surface area contributed by atoms with Crippen molar-refractivity contribution >= 4 is 33.3 Å². The minimum atomic E-state index is -3.80. The fourth-order valence-electron chi connectivity index (χ4n) is 3.80. The molecule has 1 heterocycles. The van der Waals surface area contributed by atoms with Gasteiger partial charge < -0.3 is 10.1 Å². The van der Waals surface area contributed by atoms with Crippen LogP contribution in [0.25, 0.3) is 0 Å². The van der Waals surface area contributed by atoms with Crippen molar-refractivity contribution in [2.45, 2.75) is 57.1 Å². The maximum atomic E-state index is 13.2. The minimum absolute atomic E-state index is 0.0178. The van der Waals surface area contributed by atoms with Gasteiger partial charge in [-0.1, -0.05) is 24.6 Å². The van der Waals surface area contributed by atoms with Crippen LogP contribution in [0.15, 0.2) is 47.4 Å². The van der Waals surface area contributed by atoms with Crippen molar-refractivity contribution in [2.75, 3.05) is 11.9 Å². The fraction of sp³-hybridized carbons (Fsp3) is 0.391. The first-order valence-electron chi connectivity index (χ1n) is 10.9. The standard InChI is InChI=1S/C23H27N3O7S/c1-15-11-12-18(34(31,32)25-13-7-6-8-16(25)2)14-19(15)23(28)33-17(3)22(27)24-20-9-4-5-10-21(20)26(29)30/h4-5,9-12,14,16-17H,6-8,13H2,1-3H3,(H,24,27). The van der Waals surface area contributed by atoms with Crippen molar-refractivity contribution in [3.8, 4) is 0 Å². The van der Waals surface area contributed by atoms with Gasteiger partial charge in [0, 0.05) is 18.7 Å². The number of nitro benzene ring substituents is 1. The number of piperidine rings is 1. The molecule has 1 saturated heterocycles. The van der Waals surface area contributed by atoms with Gasteiger partial charge >= 0.3 is 5.97 Å². The number of carbonyl (C=O) groups excluding carboxylic acids is 2. The Morgan fingerprint density at radius 2 is 1.91 bits per heavy atom. The quantitative estimate of drug-likeness (QED) is 0.356. The molecule has 11 heteroatoms. The molecule has 34 heavy (non-hydrogen) atoms. The van der Waals surface area contributed by atoms with Gasteiger partial charge in [0.15, 0.2) is 6.10 Å². The highest BCUT2D eigenvalue weighted by atomic mass is 32.2. The van der Waals surface area contributed by atoms with Gasteiger partial charge in [-0.05, 0) is 57.4 Å². The van der Waals surface area contributed by atoms with Gasteiger partial charge in [-0.25, -0.2) is 13.2 Å². The second-order valence-electron chi connectivity index (χ2n) is 8.25. The summed E-state index contributed by atoms with van der Waals surface area (Å²) in [4.78, 5) is 35.8. The largest absolute Gasteiger partial charge is 0.449 e. The Labute approximate surface area is 198 Å². The number of sulfonamides is 1. The maximum absolute atomic E-state index is 13.2. The Bertz CT molecular complexity index is 1210. The van der Waals surface area contributed by atoms with E-state index in [1.807, 2.05) is 6.92 Å². The monoisotopic (exact) mass is 489 g/mol. The molecule has 182 valence electrons. The molecule has 1 N–H and O–H groups in total. The van der Waals surface area contributed by atoms with Gasteiger partial charge in [0.25, 0.3) is 11.6 Å². The van der Waals surface area contributed by atoms with Crippen molar-refractivity contribution in [1.29, 1.82) is 0 Å². The molecule has 2 unspecified atom stereocenters. The Kier molecular flexibility index (Phi) is 7.68. The van der Waals surface area contributed by atoms with Crippen LogP contribution < -0.4 is 5.32 Å². The van der Waals surface area contributed by atoms with Crippen LogP contribution in [0.5, 0.6) is 0 Å². The summed E-state index contributed by atoms with van der Waals surface area (Å²) in [5, 5.41) is 13.5. The van der Waals surface area contributed by atoms with Gasteiger partial charge in [-0.3, -0.25) is 14.9 Å². The number of ether oxygens (including phenoxy) is 1. The normalized spacial score (nSPS) is 17.6. The second-order valence-corrected chi connectivity index (χ2v) is 10.1. The van der Waals surface area contributed by atoms with Crippen molar-refractivity contribution in [3.63, 3.8) is 0 Å². The van der Waals surface area contributed by atoms with Crippen LogP contribution in [0.2, 0.25) is 0 Å². The third kappa shape index (κ3) is 5.42. The Hall–Kier alpha value is -3.31. The minimum Gasteiger partial charge on any atom is -0.449 e. The smallest absolute Gasteiger partial charge is 0.339 e. The number of amides is 1. The highest BCUT2D eigenvalue weighted by Gasteiger charge is 2.32. The summed E-state index contributed by atoms with van der Waals surface area (Å²) in [7, 11) is -3.80. The van der Waals surface area contributed by atoms with E-state index in [0.29, 0.717) is 12.1 Å². The Morgan fingerprint density at radius 3 is 2.59 bits per heavy atom. The molecule has 2 aromatic rings. The third-order valence-electron chi connectivity index (χ3n) is 5.79. The molecule has 0 aromatic heterocycles. The average molecular weight is 490 g/mol. The number of rotatable bonds is 7. The summed E-state index contributed by atoms with van der Waals surface area (Å²) in [6.45, 7) is 5.24. The number of hydrogen-bond donors (Lipinski definition) is 1. The van der Waals surface area contributed by atoms with Gasteiger partial charge in [-0.2, -0.15) is 4.31 Å². The molecule has 2 aromatic carbocycles. The lowest BCUT2D eigenvalue weighted by molar-refractivity contribution is -0.383. The zero-order chi connectivity index (χ0) is 25.0. The van der Waals surface area contributed by atoms with Crippen molar-refractivity contribution < 1.29 is 27.7 Å². The van der Waals surface area contributed by atoms with Crippen molar-refractivity contribution in [2.24, 2.45) is 0 Å². The number of anilines is 1. The molecule has 0 aliphatic carbocycles. The molecule has 0 saturated carbocycles. The van der Waals surface area contributed by atoms with Crippen LogP contribution in [0.1, 0.15) is 49.0 Å². The van der Waals surface area contributed by atoms with Crippen LogP contribution in [0.4, 0.5) is 11.4 Å². The van der Waals surface area contributed by atoms with E-state index in [-0.39, 0.29) is 27.9 Å². The number of benzene rings is 2. The lowest BCUT2D eigenvalue weighted by Gasteiger charge is -2.32. The molecule has 0 bridgehead atoms. The van der Waals surface area contributed by atoms with E-state index >= 15 is 0 Å². The highest BCUT2D eigenvalue weighted by Crippen LogP contribution is 2.27. The molecular formula is C23H27N3O7S. The topological polar surface area (TPSA) is 136 Å². The van der Waals surface area contributed by atoms with E-state index in [0.717, 1.165) is 19.3 Å². The first kappa shape index (κ1) is 25.3. The average Bonchev–Trinajstić information content (AvgIpc) is 2.79. The number of aryl methyl sites for hydroxylation is 1. The fourth-order valence-corrected chi connectivity index (χ4v) is 5.52. The van der Waals surface area contributed by atoms with Crippen LogP contribution >= 0.6 is 0 Å². The van der Waals surface area contributed by atoms with Gasteiger partial charge in [0.2, 0.25) is 10.0 Å². The van der Waals surface area contributed by atoms with Crippen molar-refractivity contribution in [3.05, 3.63) is 63.7 Å². The summed E-state index contributed by atoms with van der Waals surface area (Å²) in [5.41, 5.74) is 0.188. The SMILES string of the molecule is Cc1ccc(S(=O)(=O)N2CCCCC2C)cc1C(=O)OC(C)C(=O)Nc1ccccc1[N+](=O)[O-]. The first-order valence-corrected chi connectivity index (χ1v) is 12.3. The molecule has 1 aliphatic rings. The second kappa shape index (κ2) is 10.3. The molecule has 3 rings (SSSR count). The van der Waals surface area contributed by atoms with Gasteiger partial charge in [0.1, 0.15) is 5.69 Å². The molecule has 1 amide bonds. The molecule has 2 atom stereocenters. The number of para-hydroxylation sites is 2. The number of nitrogens with zero attached hydrogens (tertiary/aromatic N) is 2. The lowest BCUT2D eigenvalue weighted by Crippen LogP contribution is -2.42. The summed E-state index contributed by atoms with van der Waals surface area (Å²) in [5.74, 6) is -1.63. The molecule has 0 radical (unpaired) electrons. The molecular weight excluding hydrogens is 462 g/mol. The predicted molar refractivity (Wildman–Crippen MR) is 125 cm³/mol. The zero-order valence-corrected chi connectivity index (χ0v) is 20.0. The number of carbonyl (C=O) groups is 2.